The molecular weight excluding hydrogens is 330 g/mol. The minimum absolute atomic E-state index is 0.0910. The molecule has 0 bridgehead atoms. The van der Waals surface area contributed by atoms with Crippen LogP contribution in [0.3, 0.4) is 0 Å². The Labute approximate surface area is 149 Å². The highest BCUT2D eigenvalue weighted by Gasteiger charge is 2.11. The largest absolute Gasteiger partial charge is 0.457 e. The highest BCUT2D eigenvalue weighted by Crippen LogP contribution is 2.28. The number of hydrogen-bond acceptors (Lipinski definition) is 5. The van der Waals surface area contributed by atoms with Gasteiger partial charge >= 0.3 is 0 Å². The van der Waals surface area contributed by atoms with Crippen LogP contribution in [0.2, 0.25) is 0 Å². The van der Waals surface area contributed by atoms with Crippen molar-refractivity contribution in [2.75, 3.05) is 0 Å². The van der Waals surface area contributed by atoms with Crippen LogP contribution < -0.4 is 0 Å². The molecule has 0 aliphatic rings. The monoisotopic (exact) mass is 341 g/mol. The Kier molecular flexibility index (Phi) is 4.60. The second-order valence-electron chi connectivity index (χ2n) is 5.34. The SMILES string of the molecule is N#CC(=Cc1ccc(-c2ccccc2C#N)o1)c1cccc([N+](=O)[O-])c1. The van der Waals surface area contributed by atoms with Crippen LogP contribution in [0.1, 0.15) is 16.9 Å². The van der Waals surface area contributed by atoms with Gasteiger partial charge in [-0.2, -0.15) is 10.5 Å². The molecule has 0 atom stereocenters. The Bertz CT molecular complexity index is 1100. The minimum atomic E-state index is -0.512. The maximum atomic E-state index is 10.9. The number of nitro groups is 1. The predicted octanol–water partition coefficient (Wildman–Crippen LogP) is 4.79. The third-order valence-corrected chi connectivity index (χ3v) is 3.71. The Hall–Kier alpha value is -4.16. The summed E-state index contributed by atoms with van der Waals surface area (Å²) in [5.74, 6) is 0.917. The van der Waals surface area contributed by atoms with E-state index in [0.29, 0.717) is 28.2 Å². The lowest BCUT2D eigenvalue weighted by atomic mass is 10.1. The Morgan fingerprint density at radius 2 is 1.88 bits per heavy atom. The van der Waals surface area contributed by atoms with E-state index in [9.17, 15) is 20.6 Å². The molecule has 0 fully saturated rings. The fourth-order valence-corrected chi connectivity index (χ4v) is 2.48. The first kappa shape index (κ1) is 16.7. The third-order valence-electron chi connectivity index (χ3n) is 3.71. The van der Waals surface area contributed by atoms with Gasteiger partial charge in [0.05, 0.1) is 28.2 Å². The van der Waals surface area contributed by atoms with Crippen LogP contribution in [0.5, 0.6) is 0 Å². The molecular formula is C20H11N3O3. The van der Waals surface area contributed by atoms with Crippen molar-refractivity contribution in [3.63, 3.8) is 0 Å². The highest BCUT2D eigenvalue weighted by molar-refractivity contribution is 5.89. The maximum Gasteiger partial charge on any atom is 0.270 e. The molecule has 3 rings (SSSR count). The van der Waals surface area contributed by atoms with Crippen molar-refractivity contribution in [2.45, 2.75) is 0 Å². The summed E-state index contributed by atoms with van der Waals surface area (Å²) < 4.78 is 5.73. The first-order valence-electron chi connectivity index (χ1n) is 7.58. The summed E-state index contributed by atoms with van der Waals surface area (Å²) in [5.41, 5.74) is 1.71. The molecule has 3 aromatic rings. The number of nitro benzene ring substituents is 1. The number of benzene rings is 2. The van der Waals surface area contributed by atoms with Gasteiger partial charge in [-0.05, 0) is 35.9 Å². The predicted molar refractivity (Wildman–Crippen MR) is 95.4 cm³/mol. The molecule has 0 amide bonds. The van der Waals surface area contributed by atoms with Gasteiger partial charge in [0, 0.05) is 17.7 Å². The van der Waals surface area contributed by atoms with E-state index in [1.54, 1.807) is 42.5 Å². The summed E-state index contributed by atoms with van der Waals surface area (Å²) in [4.78, 5) is 10.4. The summed E-state index contributed by atoms with van der Waals surface area (Å²) >= 11 is 0. The van der Waals surface area contributed by atoms with E-state index >= 15 is 0 Å². The Balaban J connectivity index is 1.98. The molecule has 0 saturated heterocycles. The van der Waals surface area contributed by atoms with Crippen molar-refractivity contribution in [3.8, 4) is 23.5 Å². The van der Waals surface area contributed by atoms with Gasteiger partial charge in [-0.25, -0.2) is 0 Å². The van der Waals surface area contributed by atoms with E-state index in [4.69, 9.17) is 4.42 Å². The molecule has 0 aliphatic carbocycles. The third kappa shape index (κ3) is 3.35. The summed E-state index contributed by atoms with van der Waals surface area (Å²) in [6, 6.07) is 20.4. The molecule has 6 nitrogen and oxygen atoms in total. The maximum absolute atomic E-state index is 10.9. The standard InChI is InChI=1S/C20H11N3O3/c21-12-15-4-1-2-7-19(15)20-9-8-18(26-20)11-16(13-22)14-5-3-6-17(10-14)23(24)25/h1-11H. The van der Waals surface area contributed by atoms with Crippen LogP contribution in [0.15, 0.2) is 65.1 Å². The number of furan rings is 1. The van der Waals surface area contributed by atoms with Gasteiger partial charge < -0.3 is 4.42 Å². The lowest BCUT2D eigenvalue weighted by Gasteiger charge is -2.00. The normalized spacial score (nSPS) is 10.8. The average molecular weight is 341 g/mol. The molecule has 26 heavy (non-hydrogen) atoms. The second-order valence-corrected chi connectivity index (χ2v) is 5.34. The van der Waals surface area contributed by atoms with E-state index in [1.165, 1.54) is 24.3 Å². The second kappa shape index (κ2) is 7.16. The summed E-state index contributed by atoms with van der Waals surface area (Å²) in [7, 11) is 0. The van der Waals surface area contributed by atoms with Crippen LogP contribution in [0, 0.1) is 32.8 Å². The Morgan fingerprint density at radius 1 is 1.08 bits per heavy atom. The smallest absolute Gasteiger partial charge is 0.270 e. The number of allylic oxidation sites excluding steroid dienone is 1. The molecule has 2 aromatic carbocycles. The molecule has 0 radical (unpaired) electrons. The summed E-state index contributed by atoms with van der Waals surface area (Å²) in [5, 5.41) is 29.5. The number of rotatable bonds is 4. The lowest BCUT2D eigenvalue weighted by Crippen LogP contribution is -1.89. The highest BCUT2D eigenvalue weighted by atomic mass is 16.6. The first-order valence-corrected chi connectivity index (χ1v) is 7.58. The van der Waals surface area contributed by atoms with Gasteiger partial charge in [0.2, 0.25) is 0 Å². The van der Waals surface area contributed by atoms with Gasteiger partial charge in [-0.15, -0.1) is 0 Å². The quantitative estimate of drug-likeness (QED) is 0.385. The molecule has 0 unspecified atom stereocenters. The average Bonchev–Trinajstić information content (AvgIpc) is 3.14. The molecule has 0 saturated carbocycles. The van der Waals surface area contributed by atoms with Gasteiger partial charge in [0.1, 0.15) is 11.5 Å². The summed E-state index contributed by atoms with van der Waals surface area (Å²) in [6.45, 7) is 0. The molecule has 124 valence electrons. The van der Waals surface area contributed by atoms with E-state index in [-0.39, 0.29) is 11.3 Å². The van der Waals surface area contributed by atoms with Crippen LogP contribution >= 0.6 is 0 Å². The van der Waals surface area contributed by atoms with E-state index in [2.05, 4.69) is 6.07 Å². The zero-order valence-electron chi connectivity index (χ0n) is 13.4. The number of non-ortho nitro benzene ring substituents is 1. The summed E-state index contributed by atoms with van der Waals surface area (Å²) in [6.07, 6.45) is 1.51. The number of nitrogens with zero attached hydrogens (tertiary/aromatic N) is 3. The van der Waals surface area contributed by atoms with Crippen molar-refractivity contribution in [3.05, 3.63) is 87.7 Å². The Morgan fingerprint density at radius 3 is 2.62 bits per heavy atom. The zero-order valence-corrected chi connectivity index (χ0v) is 13.4. The van der Waals surface area contributed by atoms with Gasteiger partial charge in [0.15, 0.2) is 0 Å². The number of hydrogen-bond donors (Lipinski definition) is 0. The van der Waals surface area contributed by atoms with Gasteiger partial charge in [-0.3, -0.25) is 10.1 Å². The van der Waals surface area contributed by atoms with Gasteiger partial charge in [-0.1, -0.05) is 24.3 Å². The number of nitriles is 2. The molecule has 6 heteroatoms. The van der Waals surface area contributed by atoms with Gasteiger partial charge in [0.25, 0.3) is 5.69 Å². The lowest BCUT2D eigenvalue weighted by molar-refractivity contribution is -0.384. The van der Waals surface area contributed by atoms with Crippen molar-refractivity contribution in [2.24, 2.45) is 0 Å². The van der Waals surface area contributed by atoms with E-state index in [1.807, 2.05) is 6.07 Å². The van der Waals surface area contributed by atoms with Crippen LogP contribution in [0.25, 0.3) is 23.0 Å². The van der Waals surface area contributed by atoms with Crippen LogP contribution in [0.4, 0.5) is 5.69 Å². The fourth-order valence-electron chi connectivity index (χ4n) is 2.48. The zero-order chi connectivity index (χ0) is 18.5. The molecule has 0 spiro atoms. The molecule has 1 heterocycles. The van der Waals surface area contributed by atoms with Crippen molar-refractivity contribution < 1.29 is 9.34 Å². The fraction of sp³-hybridized carbons (Fsp3) is 0. The minimum Gasteiger partial charge on any atom is -0.457 e. The molecule has 1 aromatic heterocycles. The molecule has 0 N–H and O–H groups in total. The first-order chi connectivity index (χ1) is 12.6. The topological polar surface area (TPSA) is 104 Å². The van der Waals surface area contributed by atoms with Crippen LogP contribution in [-0.4, -0.2) is 4.92 Å². The van der Waals surface area contributed by atoms with E-state index < -0.39 is 4.92 Å². The van der Waals surface area contributed by atoms with Crippen molar-refractivity contribution >= 4 is 17.3 Å². The van der Waals surface area contributed by atoms with Crippen LogP contribution in [-0.2, 0) is 0 Å². The van der Waals surface area contributed by atoms with Crippen molar-refractivity contribution in [1.82, 2.24) is 0 Å². The van der Waals surface area contributed by atoms with Crippen molar-refractivity contribution in [1.29, 1.82) is 10.5 Å². The molecule has 0 aliphatic heterocycles. The van der Waals surface area contributed by atoms with E-state index in [0.717, 1.165) is 0 Å².